The van der Waals surface area contributed by atoms with Gasteiger partial charge in [-0.2, -0.15) is 11.8 Å². The van der Waals surface area contributed by atoms with E-state index in [0.717, 1.165) is 35.6 Å². The van der Waals surface area contributed by atoms with Gasteiger partial charge >= 0.3 is 0 Å². The maximum absolute atomic E-state index is 12.1. The van der Waals surface area contributed by atoms with Crippen molar-refractivity contribution in [1.82, 2.24) is 10.1 Å². The summed E-state index contributed by atoms with van der Waals surface area (Å²) >= 11 is 3.08. The summed E-state index contributed by atoms with van der Waals surface area (Å²) in [6.07, 6.45) is 2.04. The van der Waals surface area contributed by atoms with Crippen molar-refractivity contribution in [3.63, 3.8) is 0 Å². The van der Waals surface area contributed by atoms with E-state index in [-0.39, 0.29) is 24.2 Å². The van der Waals surface area contributed by atoms with Gasteiger partial charge in [-0.1, -0.05) is 5.16 Å². The lowest BCUT2D eigenvalue weighted by Gasteiger charge is -2.01. The number of amides is 2. The summed E-state index contributed by atoms with van der Waals surface area (Å²) in [5, 5.41) is 11.8. The summed E-state index contributed by atoms with van der Waals surface area (Å²) in [6, 6.07) is 0. The molecule has 2 N–H and O–H groups in total. The average molecular weight is 350 g/mol. The molecule has 4 rings (SSSR count). The van der Waals surface area contributed by atoms with Gasteiger partial charge in [0.05, 0.1) is 23.4 Å². The van der Waals surface area contributed by atoms with Gasteiger partial charge in [0, 0.05) is 22.8 Å². The standard InChI is InChI=1S/C14H14N4O3S2/c19-11(16-13-9-5-22-6-10(9)18-21-13)3-8-4-23-14(15-8)17-12(20)7-1-2-7/h4,7H,1-3,5-6H2,(H,16,19)(H,15,17,20). The number of thioether (sulfide) groups is 1. The van der Waals surface area contributed by atoms with Crippen molar-refractivity contribution in [1.29, 1.82) is 0 Å². The SMILES string of the molecule is O=C(Cc1csc(NC(=O)C2CC2)n1)Nc1onc2c1CSC2. The highest BCUT2D eigenvalue weighted by atomic mass is 32.2. The van der Waals surface area contributed by atoms with Crippen LogP contribution in [-0.4, -0.2) is 22.0 Å². The lowest BCUT2D eigenvalue weighted by Crippen LogP contribution is -2.15. The van der Waals surface area contributed by atoms with Crippen molar-refractivity contribution in [2.45, 2.75) is 30.8 Å². The average Bonchev–Trinajstić information content (AvgIpc) is 2.93. The highest BCUT2D eigenvalue weighted by molar-refractivity contribution is 7.98. The molecule has 9 heteroatoms. The molecule has 120 valence electrons. The molecule has 23 heavy (non-hydrogen) atoms. The number of carbonyl (C=O) groups is 2. The Morgan fingerprint density at radius 1 is 1.30 bits per heavy atom. The third-order valence-corrected chi connectivity index (χ3v) is 5.46. The Balaban J connectivity index is 1.35. The number of hydrogen-bond acceptors (Lipinski definition) is 7. The van der Waals surface area contributed by atoms with Gasteiger partial charge in [0.2, 0.25) is 17.7 Å². The van der Waals surface area contributed by atoms with Gasteiger partial charge in [-0.15, -0.1) is 11.3 Å². The molecule has 0 spiro atoms. The number of nitrogens with one attached hydrogen (secondary N) is 2. The Morgan fingerprint density at radius 3 is 3.00 bits per heavy atom. The number of fused-ring (bicyclic) bond motifs is 1. The molecule has 0 unspecified atom stereocenters. The molecule has 0 atom stereocenters. The number of carbonyl (C=O) groups excluding carboxylic acids is 2. The van der Waals surface area contributed by atoms with Gasteiger partial charge < -0.3 is 9.84 Å². The molecule has 3 heterocycles. The van der Waals surface area contributed by atoms with Gasteiger partial charge in [0.15, 0.2) is 5.13 Å². The molecule has 2 aromatic rings. The third-order valence-electron chi connectivity index (χ3n) is 3.68. The van der Waals surface area contributed by atoms with Gasteiger partial charge in [0.1, 0.15) is 0 Å². The van der Waals surface area contributed by atoms with Gasteiger partial charge in [-0.25, -0.2) is 4.98 Å². The minimum atomic E-state index is -0.203. The molecular formula is C14H14N4O3S2. The number of hydrogen-bond donors (Lipinski definition) is 2. The van der Waals surface area contributed by atoms with Crippen LogP contribution in [0.1, 0.15) is 29.8 Å². The van der Waals surface area contributed by atoms with Crippen molar-refractivity contribution >= 4 is 45.9 Å². The number of rotatable bonds is 5. The van der Waals surface area contributed by atoms with Crippen LogP contribution < -0.4 is 10.6 Å². The van der Waals surface area contributed by atoms with E-state index < -0.39 is 0 Å². The maximum Gasteiger partial charge on any atom is 0.235 e. The predicted octanol–water partition coefficient (Wildman–Crippen LogP) is 2.41. The Hall–Kier alpha value is -1.87. The first kappa shape index (κ1) is 14.7. The maximum atomic E-state index is 12.1. The van der Waals surface area contributed by atoms with Gasteiger partial charge in [0.25, 0.3) is 0 Å². The Kier molecular flexibility index (Phi) is 3.82. The smallest absolute Gasteiger partial charge is 0.235 e. The van der Waals surface area contributed by atoms with Crippen LogP contribution in [0.4, 0.5) is 11.0 Å². The van der Waals surface area contributed by atoms with Crippen molar-refractivity contribution in [2.24, 2.45) is 5.92 Å². The molecule has 1 saturated carbocycles. The zero-order chi connectivity index (χ0) is 15.8. The molecule has 2 amide bonds. The van der Waals surface area contributed by atoms with Gasteiger partial charge in [-0.3, -0.25) is 14.9 Å². The molecule has 7 nitrogen and oxygen atoms in total. The van der Waals surface area contributed by atoms with Crippen LogP contribution in [0.5, 0.6) is 0 Å². The summed E-state index contributed by atoms with van der Waals surface area (Å²) in [7, 11) is 0. The van der Waals surface area contributed by atoms with Crippen LogP contribution in [0, 0.1) is 5.92 Å². The first-order valence-electron chi connectivity index (χ1n) is 7.29. The van der Waals surface area contributed by atoms with E-state index in [1.165, 1.54) is 11.3 Å². The molecule has 0 aromatic carbocycles. The first-order chi connectivity index (χ1) is 11.2. The second-order valence-corrected chi connectivity index (χ2v) is 7.41. The summed E-state index contributed by atoms with van der Waals surface area (Å²) in [5.74, 6) is 2.02. The van der Waals surface area contributed by atoms with Gasteiger partial charge in [-0.05, 0) is 12.8 Å². The molecule has 0 saturated heterocycles. The third kappa shape index (κ3) is 3.25. The summed E-state index contributed by atoms with van der Waals surface area (Å²) in [4.78, 5) is 28.1. The van der Waals surface area contributed by atoms with E-state index in [1.54, 1.807) is 17.1 Å². The van der Waals surface area contributed by atoms with Crippen LogP contribution in [0.3, 0.4) is 0 Å². The Morgan fingerprint density at radius 2 is 2.17 bits per heavy atom. The van der Waals surface area contributed by atoms with Crippen LogP contribution in [0.15, 0.2) is 9.90 Å². The zero-order valence-electron chi connectivity index (χ0n) is 12.1. The fourth-order valence-electron chi connectivity index (χ4n) is 2.29. The highest BCUT2D eigenvalue weighted by Gasteiger charge is 2.30. The summed E-state index contributed by atoms with van der Waals surface area (Å²) < 4.78 is 5.17. The number of aromatic nitrogens is 2. The monoisotopic (exact) mass is 350 g/mol. The fraction of sp³-hybridized carbons (Fsp3) is 0.429. The Labute approximate surface area is 140 Å². The second kappa shape index (κ2) is 5.97. The predicted molar refractivity (Wildman–Crippen MR) is 87.3 cm³/mol. The second-order valence-electron chi connectivity index (χ2n) is 5.56. The molecule has 0 radical (unpaired) electrons. The number of nitrogens with zero attached hydrogens (tertiary/aromatic N) is 2. The molecule has 1 aliphatic heterocycles. The lowest BCUT2D eigenvalue weighted by atomic mass is 10.2. The van der Waals surface area contributed by atoms with E-state index in [4.69, 9.17) is 4.52 Å². The van der Waals surface area contributed by atoms with E-state index in [0.29, 0.717) is 16.7 Å². The number of thiazole rings is 1. The van der Waals surface area contributed by atoms with E-state index in [1.807, 2.05) is 0 Å². The molecule has 1 fully saturated rings. The first-order valence-corrected chi connectivity index (χ1v) is 9.33. The quantitative estimate of drug-likeness (QED) is 0.859. The van der Waals surface area contributed by atoms with Crippen LogP contribution >= 0.6 is 23.1 Å². The van der Waals surface area contributed by atoms with Crippen molar-refractivity contribution < 1.29 is 14.1 Å². The van der Waals surface area contributed by atoms with E-state index >= 15 is 0 Å². The van der Waals surface area contributed by atoms with Crippen molar-refractivity contribution in [3.05, 3.63) is 22.3 Å². The minimum absolute atomic E-state index is 0.0186. The van der Waals surface area contributed by atoms with Crippen LogP contribution in [0.2, 0.25) is 0 Å². The summed E-state index contributed by atoms with van der Waals surface area (Å²) in [5.41, 5.74) is 2.51. The molecule has 2 aliphatic rings. The van der Waals surface area contributed by atoms with E-state index in [2.05, 4.69) is 20.8 Å². The normalized spacial score (nSPS) is 16.2. The topological polar surface area (TPSA) is 97.1 Å². The fourth-order valence-corrected chi connectivity index (χ4v) is 4.02. The Bertz CT molecular complexity index is 766. The number of anilines is 2. The zero-order valence-corrected chi connectivity index (χ0v) is 13.8. The lowest BCUT2D eigenvalue weighted by molar-refractivity contribution is -0.117. The highest BCUT2D eigenvalue weighted by Crippen LogP contribution is 2.34. The largest absolute Gasteiger partial charge is 0.338 e. The molecule has 0 bridgehead atoms. The molecule has 2 aromatic heterocycles. The van der Waals surface area contributed by atoms with Crippen molar-refractivity contribution in [2.75, 3.05) is 10.6 Å². The molecular weight excluding hydrogens is 336 g/mol. The molecule has 1 aliphatic carbocycles. The minimum Gasteiger partial charge on any atom is -0.338 e. The van der Waals surface area contributed by atoms with Crippen molar-refractivity contribution in [3.8, 4) is 0 Å². The van der Waals surface area contributed by atoms with Crippen LogP contribution in [0.25, 0.3) is 0 Å². The van der Waals surface area contributed by atoms with Crippen LogP contribution in [-0.2, 0) is 27.5 Å². The van der Waals surface area contributed by atoms with E-state index in [9.17, 15) is 9.59 Å². The summed E-state index contributed by atoms with van der Waals surface area (Å²) in [6.45, 7) is 0.